The molecule has 0 saturated heterocycles. The topological polar surface area (TPSA) is 66.0 Å². The minimum atomic E-state index is -0.169. The Morgan fingerprint density at radius 2 is 2.00 bits per heavy atom. The van der Waals surface area contributed by atoms with Crippen molar-refractivity contribution in [3.63, 3.8) is 0 Å². The van der Waals surface area contributed by atoms with Crippen LogP contribution in [0.2, 0.25) is 0 Å². The number of rotatable bonds is 2. The van der Waals surface area contributed by atoms with Gasteiger partial charge in [-0.15, -0.1) is 0 Å². The molecular formula is C17H11BrN2O2. The van der Waals surface area contributed by atoms with Gasteiger partial charge in [0.25, 0.3) is 5.56 Å². The van der Waals surface area contributed by atoms with Crippen LogP contribution in [0.1, 0.15) is 11.1 Å². The normalized spacial score (nSPS) is 10.6. The molecule has 0 radical (unpaired) electrons. The van der Waals surface area contributed by atoms with E-state index in [9.17, 15) is 9.90 Å². The van der Waals surface area contributed by atoms with Crippen LogP contribution in [0, 0.1) is 11.3 Å². The fourth-order valence-corrected chi connectivity index (χ4v) is 2.90. The molecule has 0 unspecified atom stereocenters. The van der Waals surface area contributed by atoms with Gasteiger partial charge >= 0.3 is 0 Å². The number of aromatic nitrogens is 1. The molecule has 0 aliphatic carbocycles. The van der Waals surface area contributed by atoms with Crippen LogP contribution in [0.5, 0.6) is 0 Å². The van der Waals surface area contributed by atoms with E-state index in [0.29, 0.717) is 16.6 Å². The molecule has 5 heteroatoms. The molecule has 22 heavy (non-hydrogen) atoms. The van der Waals surface area contributed by atoms with E-state index < -0.39 is 0 Å². The smallest absolute Gasteiger partial charge is 0.263 e. The molecule has 1 heterocycles. The number of aliphatic hydroxyl groups excluding tert-OH is 1. The third-order valence-corrected chi connectivity index (χ3v) is 4.10. The van der Waals surface area contributed by atoms with Crippen molar-refractivity contribution >= 4 is 26.7 Å². The summed E-state index contributed by atoms with van der Waals surface area (Å²) in [5, 5.41) is 19.5. The van der Waals surface area contributed by atoms with Crippen LogP contribution in [0.3, 0.4) is 0 Å². The molecule has 0 saturated carbocycles. The molecule has 0 amide bonds. The highest BCUT2D eigenvalue weighted by Gasteiger charge is 2.09. The molecule has 3 rings (SSSR count). The Hall–Kier alpha value is -2.42. The maximum absolute atomic E-state index is 12.7. The summed E-state index contributed by atoms with van der Waals surface area (Å²) < 4.78 is 2.26. The fraction of sp³-hybridized carbons (Fsp3) is 0.0588. The third kappa shape index (κ3) is 2.43. The van der Waals surface area contributed by atoms with Crippen molar-refractivity contribution in [2.75, 3.05) is 0 Å². The summed E-state index contributed by atoms with van der Waals surface area (Å²) in [4.78, 5) is 12.7. The van der Waals surface area contributed by atoms with E-state index in [-0.39, 0.29) is 12.2 Å². The number of hydrogen-bond donors (Lipinski definition) is 1. The van der Waals surface area contributed by atoms with Crippen LogP contribution in [-0.2, 0) is 6.61 Å². The summed E-state index contributed by atoms with van der Waals surface area (Å²) >= 11 is 3.47. The standard InChI is InChI=1S/C17H11BrN2O2/c18-16-9-20(13-3-1-2-11(6-13)8-19)17(22)14-5-4-12(10-21)7-15(14)16/h1-7,9,21H,10H2. The lowest BCUT2D eigenvalue weighted by atomic mass is 10.1. The third-order valence-electron chi connectivity index (χ3n) is 3.47. The van der Waals surface area contributed by atoms with Crippen molar-refractivity contribution in [2.45, 2.75) is 6.61 Å². The van der Waals surface area contributed by atoms with E-state index in [0.717, 1.165) is 15.4 Å². The lowest BCUT2D eigenvalue weighted by Gasteiger charge is -2.10. The predicted molar refractivity (Wildman–Crippen MR) is 87.9 cm³/mol. The van der Waals surface area contributed by atoms with E-state index in [1.165, 1.54) is 4.57 Å². The fourth-order valence-electron chi connectivity index (χ4n) is 2.36. The van der Waals surface area contributed by atoms with Gasteiger partial charge in [0.1, 0.15) is 0 Å². The SMILES string of the molecule is N#Cc1cccc(-n2cc(Br)c3cc(CO)ccc3c2=O)c1. The Morgan fingerprint density at radius 1 is 1.18 bits per heavy atom. The van der Waals surface area contributed by atoms with Gasteiger partial charge in [0.05, 0.1) is 18.2 Å². The highest BCUT2D eigenvalue weighted by Crippen LogP contribution is 2.24. The molecule has 1 aromatic heterocycles. The van der Waals surface area contributed by atoms with Crippen molar-refractivity contribution < 1.29 is 5.11 Å². The van der Waals surface area contributed by atoms with Crippen LogP contribution in [0.4, 0.5) is 0 Å². The zero-order valence-corrected chi connectivity index (χ0v) is 13.0. The van der Waals surface area contributed by atoms with Crippen molar-refractivity contribution in [1.82, 2.24) is 4.57 Å². The molecule has 4 nitrogen and oxygen atoms in total. The van der Waals surface area contributed by atoms with Crippen molar-refractivity contribution in [2.24, 2.45) is 0 Å². The van der Waals surface area contributed by atoms with Gasteiger partial charge in [-0.2, -0.15) is 5.26 Å². The second-order valence-corrected chi connectivity index (χ2v) is 5.71. The quantitative estimate of drug-likeness (QED) is 0.768. The van der Waals surface area contributed by atoms with Crippen LogP contribution in [0.15, 0.2) is 57.9 Å². The average Bonchev–Trinajstić information content (AvgIpc) is 2.57. The van der Waals surface area contributed by atoms with Gasteiger partial charge in [0.2, 0.25) is 0 Å². The number of halogens is 1. The maximum Gasteiger partial charge on any atom is 0.263 e. The Kier molecular flexibility index (Phi) is 3.80. The van der Waals surface area contributed by atoms with Crippen molar-refractivity contribution in [3.05, 3.63) is 74.6 Å². The van der Waals surface area contributed by atoms with Crippen molar-refractivity contribution in [3.8, 4) is 11.8 Å². The molecular weight excluding hydrogens is 344 g/mol. The molecule has 0 atom stereocenters. The molecule has 0 fully saturated rings. The molecule has 0 spiro atoms. The first kappa shape index (κ1) is 14.5. The summed E-state index contributed by atoms with van der Waals surface area (Å²) in [5.74, 6) is 0. The van der Waals surface area contributed by atoms with Gasteiger partial charge < -0.3 is 5.11 Å². The lowest BCUT2D eigenvalue weighted by Crippen LogP contribution is -2.18. The number of aliphatic hydroxyl groups is 1. The second kappa shape index (κ2) is 5.76. The van der Waals surface area contributed by atoms with Gasteiger partial charge in [-0.3, -0.25) is 9.36 Å². The first-order valence-electron chi connectivity index (χ1n) is 6.59. The average molecular weight is 355 g/mol. The van der Waals surface area contributed by atoms with Crippen LogP contribution >= 0.6 is 15.9 Å². The minimum absolute atomic E-state index is 0.0737. The highest BCUT2D eigenvalue weighted by molar-refractivity contribution is 9.10. The van der Waals surface area contributed by atoms with Gasteiger partial charge in [-0.1, -0.05) is 12.1 Å². The molecule has 2 aromatic carbocycles. The van der Waals surface area contributed by atoms with Crippen molar-refractivity contribution in [1.29, 1.82) is 5.26 Å². The molecule has 0 aliphatic rings. The number of benzene rings is 2. The monoisotopic (exact) mass is 354 g/mol. The summed E-state index contributed by atoms with van der Waals surface area (Å²) in [6.07, 6.45) is 1.68. The number of nitriles is 1. The zero-order chi connectivity index (χ0) is 15.7. The first-order valence-corrected chi connectivity index (χ1v) is 7.38. The minimum Gasteiger partial charge on any atom is -0.392 e. The molecule has 1 N–H and O–H groups in total. The van der Waals surface area contributed by atoms with Crippen LogP contribution < -0.4 is 5.56 Å². The first-order chi connectivity index (χ1) is 10.6. The Labute approximate surface area is 135 Å². The summed E-state index contributed by atoms with van der Waals surface area (Å²) in [7, 11) is 0. The summed E-state index contributed by atoms with van der Waals surface area (Å²) in [5.41, 5.74) is 1.71. The maximum atomic E-state index is 12.7. The molecule has 0 bridgehead atoms. The summed E-state index contributed by atoms with van der Waals surface area (Å²) in [6.45, 7) is -0.0737. The van der Waals surface area contributed by atoms with E-state index in [1.54, 1.807) is 48.7 Å². The Balaban J connectivity index is 2.30. The number of nitrogens with zero attached hydrogens (tertiary/aromatic N) is 2. The van der Waals surface area contributed by atoms with Gasteiger partial charge in [0, 0.05) is 27.1 Å². The highest BCUT2D eigenvalue weighted by atomic mass is 79.9. The second-order valence-electron chi connectivity index (χ2n) is 4.85. The van der Waals surface area contributed by atoms with E-state index in [4.69, 9.17) is 5.26 Å². The largest absolute Gasteiger partial charge is 0.392 e. The van der Waals surface area contributed by atoms with Gasteiger partial charge in [0.15, 0.2) is 0 Å². The van der Waals surface area contributed by atoms with E-state index in [2.05, 4.69) is 22.0 Å². The van der Waals surface area contributed by atoms with Gasteiger partial charge in [-0.25, -0.2) is 0 Å². The number of hydrogen-bond acceptors (Lipinski definition) is 3. The van der Waals surface area contributed by atoms with Crippen LogP contribution in [0.25, 0.3) is 16.5 Å². The Morgan fingerprint density at radius 3 is 2.73 bits per heavy atom. The van der Waals surface area contributed by atoms with Gasteiger partial charge in [-0.05, 0) is 51.8 Å². The number of fused-ring (bicyclic) bond motifs is 1. The Bertz CT molecular complexity index is 971. The number of pyridine rings is 1. The van der Waals surface area contributed by atoms with E-state index >= 15 is 0 Å². The predicted octanol–water partition coefficient (Wildman–Crippen LogP) is 3.12. The molecule has 108 valence electrons. The van der Waals surface area contributed by atoms with Crippen LogP contribution in [-0.4, -0.2) is 9.67 Å². The molecule has 0 aliphatic heterocycles. The summed E-state index contributed by atoms with van der Waals surface area (Å²) in [6, 6.07) is 14.2. The van der Waals surface area contributed by atoms with E-state index in [1.807, 2.05) is 0 Å². The molecule has 3 aromatic rings. The zero-order valence-electron chi connectivity index (χ0n) is 11.5. The lowest BCUT2D eigenvalue weighted by molar-refractivity contribution is 0.282.